The molecule has 0 amide bonds. The van der Waals surface area contributed by atoms with Gasteiger partial charge < -0.3 is 10.2 Å². The molecule has 0 aromatic rings. The van der Waals surface area contributed by atoms with E-state index in [0.29, 0.717) is 6.42 Å². The molecule has 0 saturated heterocycles. The zero-order valence-corrected chi connectivity index (χ0v) is 14.9. The van der Waals surface area contributed by atoms with E-state index in [2.05, 4.69) is 27.4 Å². The van der Waals surface area contributed by atoms with E-state index in [4.69, 9.17) is 0 Å². The molecule has 0 radical (unpaired) electrons. The molecular formula is C20H30O3. The first-order valence-electron chi connectivity index (χ1n) is 8.84. The number of carbonyl (C=O) groups is 1. The van der Waals surface area contributed by atoms with Crippen LogP contribution in [0.25, 0.3) is 0 Å². The van der Waals surface area contributed by atoms with Crippen molar-refractivity contribution in [3.05, 3.63) is 23.8 Å². The first-order valence-corrected chi connectivity index (χ1v) is 8.84. The molecular weight excluding hydrogens is 288 g/mol. The molecule has 3 heteroatoms. The van der Waals surface area contributed by atoms with Gasteiger partial charge in [-0.15, -0.1) is 6.58 Å². The first-order chi connectivity index (χ1) is 10.6. The number of hydrogen-bond donors (Lipinski definition) is 2. The van der Waals surface area contributed by atoms with E-state index >= 15 is 0 Å². The van der Waals surface area contributed by atoms with E-state index < -0.39 is 11.5 Å². The maximum absolute atomic E-state index is 13.0. The highest BCUT2D eigenvalue weighted by atomic mass is 16.3. The number of aliphatic hydroxyl groups is 2. The fourth-order valence-corrected chi connectivity index (χ4v) is 5.70. The van der Waals surface area contributed by atoms with Gasteiger partial charge in [0, 0.05) is 17.4 Å². The SMILES string of the molecule is C=C[C@]1(C)CC(=O)C2=C(CC[C@H]3C(C)(C)[C@@H](O)CC[C@@]23C)[C@@H]1O. The standard InChI is InChI=1S/C20H30O3/c1-6-19(4)11-13(21)16-12(17(19)23)7-8-14-18(2,3)15(22)9-10-20(14,16)5/h6,14-15,17,22-23H,1,7-11H2,2-5H3/t14-,15-,17-,19+,20+/m0/s1. The van der Waals surface area contributed by atoms with Gasteiger partial charge in [0.05, 0.1) is 12.2 Å². The highest BCUT2D eigenvalue weighted by molar-refractivity contribution is 5.99. The van der Waals surface area contributed by atoms with E-state index in [-0.39, 0.29) is 28.6 Å². The van der Waals surface area contributed by atoms with Crippen LogP contribution in [0, 0.1) is 22.2 Å². The Balaban J connectivity index is 2.13. The third-order valence-corrected chi connectivity index (χ3v) is 7.30. The average Bonchev–Trinajstić information content (AvgIpc) is 2.48. The van der Waals surface area contributed by atoms with E-state index in [9.17, 15) is 15.0 Å². The molecule has 1 saturated carbocycles. The molecule has 3 aliphatic rings. The molecule has 3 aliphatic carbocycles. The van der Waals surface area contributed by atoms with Crippen LogP contribution < -0.4 is 0 Å². The summed E-state index contributed by atoms with van der Waals surface area (Å²) < 4.78 is 0. The van der Waals surface area contributed by atoms with E-state index in [1.807, 2.05) is 6.92 Å². The van der Waals surface area contributed by atoms with Crippen molar-refractivity contribution < 1.29 is 15.0 Å². The Morgan fingerprint density at radius 1 is 1.17 bits per heavy atom. The Hall–Kier alpha value is -0.930. The van der Waals surface area contributed by atoms with Gasteiger partial charge in [0.15, 0.2) is 5.78 Å². The van der Waals surface area contributed by atoms with Crippen molar-refractivity contribution >= 4 is 5.78 Å². The summed E-state index contributed by atoms with van der Waals surface area (Å²) in [6.45, 7) is 12.2. The van der Waals surface area contributed by atoms with Crippen molar-refractivity contribution in [3.8, 4) is 0 Å². The summed E-state index contributed by atoms with van der Waals surface area (Å²) in [6, 6.07) is 0. The van der Waals surface area contributed by atoms with Gasteiger partial charge in [-0.25, -0.2) is 0 Å². The van der Waals surface area contributed by atoms with Crippen molar-refractivity contribution in [2.45, 2.75) is 72.0 Å². The number of ketones is 1. The van der Waals surface area contributed by atoms with Gasteiger partial charge >= 0.3 is 0 Å². The van der Waals surface area contributed by atoms with Crippen LogP contribution in [0.2, 0.25) is 0 Å². The van der Waals surface area contributed by atoms with Crippen molar-refractivity contribution in [2.75, 3.05) is 0 Å². The van der Waals surface area contributed by atoms with Gasteiger partial charge in [-0.3, -0.25) is 4.79 Å². The topological polar surface area (TPSA) is 57.5 Å². The van der Waals surface area contributed by atoms with E-state index in [1.54, 1.807) is 6.08 Å². The molecule has 0 unspecified atom stereocenters. The average molecular weight is 318 g/mol. The minimum atomic E-state index is -0.611. The van der Waals surface area contributed by atoms with Crippen LogP contribution in [0.4, 0.5) is 0 Å². The molecule has 0 aromatic heterocycles. The molecule has 3 rings (SSSR count). The number of aliphatic hydroxyl groups excluding tert-OH is 2. The number of allylic oxidation sites excluding steroid dienone is 1. The van der Waals surface area contributed by atoms with Crippen LogP contribution in [-0.2, 0) is 4.79 Å². The minimum absolute atomic E-state index is 0.173. The van der Waals surface area contributed by atoms with Crippen LogP contribution in [0.15, 0.2) is 23.8 Å². The van der Waals surface area contributed by atoms with Gasteiger partial charge in [-0.1, -0.05) is 33.8 Å². The molecule has 0 bridgehead atoms. The van der Waals surface area contributed by atoms with Crippen LogP contribution in [-0.4, -0.2) is 28.2 Å². The summed E-state index contributed by atoms with van der Waals surface area (Å²) in [6.07, 6.45) is 4.37. The summed E-state index contributed by atoms with van der Waals surface area (Å²) in [5, 5.41) is 21.4. The van der Waals surface area contributed by atoms with Gasteiger partial charge in [0.2, 0.25) is 0 Å². The zero-order valence-electron chi connectivity index (χ0n) is 14.9. The molecule has 5 atom stereocenters. The number of hydrogen-bond acceptors (Lipinski definition) is 3. The lowest BCUT2D eigenvalue weighted by Gasteiger charge is -2.58. The minimum Gasteiger partial charge on any atom is -0.393 e. The lowest BCUT2D eigenvalue weighted by atomic mass is 9.47. The summed E-state index contributed by atoms with van der Waals surface area (Å²) in [5.74, 6) is 0.453. The quantitative estimate of drug-likeness (QED) is 0.729. The molecule has 0 heterocycles. The second-order valence-corrected chi connectivity index (χ2v) is 9.00. The van der Waals surface area contributed by atoms with Gasteiger partial charge in [0.25, 0.3) is 0 Å². The summed E-state index contributed by atoms with van der Waals surface area (Å²) in [7, 11) is 0. The van der Waals surface area contributed by atoms with Crippen LogP contribution in [0.5, 0.6) is 0 Å². The predicted octanol–water partition coefficient (Wildman–Crippen LogP) is 3.41. The zero-order chi connectivity index (χ0) is 17.2. The van der Waals surface area contributed by atoms with Crippen LogP contribution >= 0.6 is 0 Å². The third kappa shape index (κ3) is 2.12. The smallest absolute Gasteiger partial charge is 0.160 e. The van der Waals surface area contributed by atoms with Crippen molar-refractivity contribution in [2.24, 2.45) is 22.2 Å². The Kier molecular flexibility index (Phi) is 3.70. The normalized spacial score (nSPS) is 46.2. The highest BCUT2D eigenvalue weighted by Gasteiger charge is 2.58. The highest BCUT2D eigenvalue weighted by Crippen LogP contribution is 2.62. The predicted molar refractivity (Wildman–Crippen MR) is 90.8 cm³/mol. The van der Waals surface area contributed by atoms with Gasteiger partial charge in [-0.05, 0) is 48.0 Å². The van der Waals surface area contributed by atoms with E-state index in [0.717, 1.165) is 36.8 Å². The summed E-state index contributed by atoms with van der Waals surface area (Å²) in [5.41, 5.74) is 0.838. The maximum atomic E-state index is 13.0. The van der Waals surface area contributed by atoms with Crippen molar-refractivity contribution in [1.82, 2.24) is 0 Å². The van der Waals surface area contributed by atoms with Crippen molar-refractivity contribution in [3.63, 3.8) is 0 Å². The Morgan fingerprint density at radius 3 is 2.43 bits per heavy atom. The molecule has 0 aliphatic heterocycles. The first kappa shape index (κ1) is 16.9. The number of fused-ring (bicyclic) bond motifs is 2. The molecule has 128 valence electrons. The lowest BCUT2D eigenvalue weighted by Crippen LogP contribution is -2.55. The molecule has 0 spiro atoms. The Morgan fingerprint density at radius 2 is 1.83 bits per heavy atom. The fourth-order valence-electron chi connectivity index (χ4n) is 5.70. The summed E-state index contributed by atoms with van der Waals surface area (Å²) in [4.78, 5) is 13.0. The fraction of sp³-hybridized carbons (Fsp3) is 0.750. The second-order valence-electron chi connectivity index (χ2n) is 9.00. The Labute approximate surface area is 139 Å². The number of Topliss-reactive ketones (excluding diaryl/α,β-unsaturated/α-hetero) is 1. The van der Waals surface area contributed by atoms with Crippen LogP contribution in [0.1, 0.15) is 59.8 Å². The van der Waals surface area contributed by atoms with E-state index in [1.165, 1.54) is 0 Å². The molecule has 2 N–H and O–H groups in total. The number of carbonyl (C=O) groups excluding carboxylic acids is 1. The maximum Gasteiger partial charge on any atom is 0.160 e. The second kappa shape index (κ2) is 5.03. The largest absolute Gasteiger partial charge is 0.393 e. The third-order valence-electron chi connectivity index (χ3n) is 7.30. The van der Waals surface area contributed by atoms with Crippen LogP contribution in [0.3, 0.4) is 0 Å². The molecule has 23 heavy (non-hydrogen) atoms. The monoisotopic (exact) mass is 318 g/mol. The molecule has 1 fully saturated rings. The van der Waals surface area contributed by atoms with Gasteiger partial charge in [0.1, 0.15) is 0 Å². The Bertz CT molecular complexity index is 588. The molecule has 0 aromatic carbocycles. The van der Waals surface area contributed by atoms with Crippen molar-refractivity contribution in [1.29, 1.82) is 0 Å². The lowest BCUT2D eigenvalue weighted by molar-refractivity contribution is -0.128. The summed E-state index contributed by atoms with van der Waals surface area (Å²) >= 11 is 0. The number of rotatable bonds is 1. The molecule has 3 nitrogen and oxygen atoms in total. The van der Waals surface area contributed by atoms with Gasteiger partial charge in [-0.2, -0.15) is 0 Å².